The molecule has 1 unspecified atom stereocenters. The van der Waals surface area contributed by atoms with Gasteiger partial charge in [-0.2, -0.15) is 13.2 Å². The first-order chi connectivity index (χ1) is 17.2. The van der Waals surface area contributed by atoms with Crippen LogP contribution in [0.1, 0.15) is 66.4 Å². The summed E-state index contributed by atoms with van der Waals surface area (Å²) in [4.78, 5) is 33.5. The molecular formula is C22H25F7N4O3S. The largest absolute Gasteiger partial charge is 0.461 e. The Kier molecular flexibility index (Phi) is 9.85. The Balaban J connectivity index is 0.00000235. The molecule has 0 bridgehead atoms. The molecule has 1 amide bonds. The van der Waals surface area contributed by atoms with E-state index in [0.29, 0.717) is 17.4 Å². The molecule has 0 saturated carbocycles. The first kappa shape index (κ1) is 30.3. The molecule has 1 atom stereocenters. The number of anilines is 1. The minimum absolute atomic E-state index is 0.0597. The van der Waals surface area contributed by atoms with Gasteiger partial charge in [0.05, 0.1) is 18.0 Å². The third-order valence-corrected chi connectivity index (χ3v) is 6.02. The number of thiazole rings is 1. The average molecular weight is 559 g/mol. The average Bonchev–Trinajstić information content (AvgIpc) is 3.38. The van der Waals surface area contributed by atoms with Crippen molar-refractivity contribution in [3.8, 4) is 10.4 Å². The number of alkyl halides is 7. The summed E-state index contributed by atoms with van der Waals surface area (Å²) in [5.41, 5.74) is -1.72. The molecular weight excluding hydrogens is 533 g/mol. The normalized spacial score (nSPS) is 16.9. The van der Waals surface area contributed by atoms with Crippen LogP contribution in [-0.2, 0) is 4.74 Å². The summed E-state index contributed by atoms with van der Waals surface area (Å²) in [6.45, 7) is 4.36. The number of rotatable bonds is 7. The Morgan fingerprint density at radius 3 is 2.46 bits per heavy atom. The van der Waals surface area contributed by atoms with Crippen molar-refractivity contribution < 1.29 is 45.1 Å². The van der Waals surface area contributed by atoms with Gasteiger partial charge in [0, 0.05) is 29.8 Å². The van der Waals surface area contributed by atoms with Crippen LogP contribution >= 0.6 is 11.3 Å². The minimum atomic E-state index is -4.63. The predicted octanol–water partition coefficient (Wildman–Crippen LogP) is 6.19. The predicted molar refractivity (Wildman–Crippen MR) is 122 cm³/mol. The number of halogens is 7. The van der Waals surface area contributed by atoms with Gasteiger partial charge < -0.3 is 15.0 Å². The van der Waals surface area contributed by atoms with Crippen LogP contribution in [0.3, 0.4) is 0 Å². The Labute approximate surface area is 212 Å². The molecule has 0 radical (unpaired) electrons. The van der Waals surface area contributed by atoms with E-state index in [1.807, 2.05) is 19.2 Å². The molecule has 15 heteroatoms. The fourth-order valence-electron chi connectivity index (χ4n) is 3.48. The van der Waals surface area contributed by atoms with Crippen LogP contribution in [0.15, 0.2) is 12.3 Å². The van der Waals surface area contributed by atoms with Gasteiger partial charge in [0.2, 0.25) is 5.01 Å². The number of hydrogen-bond acceptors (Lipinski definition) is 7. The van der Waals surface area contributed by atoms with Crippen LogP contribution in [0.25, 0.3) is 10.4 Å². The third-order valence-electron chi connectivity index (χ3n) is 4.95. The number of ether oxygens (including phenoxy) is 1. The number of esters is 1. The summed E-state index contributed by atoms with van der Waals surface area (Å²) in [7, 11) is 0. The van der Waals surface area contributed by atoms with Gasteiger partial charge in [-0.15, -0.1) is 11.3 Å². The lowest BCUT2D eigenvalue weighted by Gasteiger charge is -2.20. The molecule has 7 nitrogen and oxygen atoms in total. The molecule has 2 aromatic heterocycles. The summed E-state index contributed by atoms with van der Waals surface area (Å²) in [6.07, 6.45) is -7.66. The van der Waals surface area contributed by atoms with Crippen LogP contribution in [0, 0.1) is 0 Å². The molecule has 1 fully saturated rings. The van der Waals surface area contributed by atoms with Gasteiger partial charge in [0.1, 0.15) is 18.1 Å². The number of carbonyl (C=O) groups is 2. The Bertz CT molecular complexity index is 1110. The van der Waals surface area contributed by atoms with E-state index in [-0.39, 0.29) is 22.1 Å². The van der Waals surface area contributed by atoms with E-state index < -0.39 is 73.0 Å². The van der Waals surface area contributed by atoms with Crippen LogP contribution < -0.4 is 5.32 Å². The molecule has 2 aromatic rings. The van der Waals surface area contributed by atoms with Crippen molar-refractivity contribution in [2.75, 3.05) is 25.0 Å². The highest BCUT2D eigenvalue weighted by Gasteiger charge is 2.46. The second kappa shape index (κ2) is 12.0. The zero-order valence-corrected chi connectivity index (χ0v) is 21.1. The van der Waals surface area contributed by atoms with Crippen LogP contribution in [0.2, 0.25) is 0 Å². The van der Waals surface area contributed by atoms with Crippen molar-refractivity contribution in [1.29, 1.82) is 0 Å². The molecule has 1 saturated heterocycles. The third kappa shape index (κ3) is 7.52. The van der Waals surface area contributed by atoms with Gasteiger partial charge in [0.15, 0.2) is 0 Å². The fraction of sp³-hybridized carbons (Fsp3) is 0.545. The molecule has 0 aromatic carbocycles. The van der Waals surface area contributed by atoms with E-state index in [9.17, 15) is 40.3 Å². The van der Waals surface area contributed by atoms with Crippen molar-refractivity contribution in [3.63, 3.8) is 0 Å². The van der Waals surface area contributed by atoms with Gasteiger partial charge in [-0.1, -0.05) is 13.8 Å². The molecule has 1 aliphatic rings. The SMILES string of the molecule is CC.CCOC(=O)c1nc(C(=O)N2CC(F)(F)CC2C)c(-c2cnc(NCC(F)(F)F)cc2C(F)F)s1. The molecule has 1 aliphatic heterocycles. The molecule has 3 heterocycles. The van der Waals surface area contributed by atoms with Crippen LogP contribution in [0.4, 0.5) is 36.6 Å². The highest BCUT2D eigenvalue weighted by molar-refractivity contribution is 7.17. The maximum atomic E-state index is 13.9. The van der Waals surface area contributed by atoms with E-state index in [4.69, 9.17) is 4.74 Å². The molecule has 206 valence electrons. The Morgan fingerprint density at radius 1 is 1.30 bits per heavy atom. The number of aromatic nitrogens is 2. The lowest BCUT2D eigenvalue weighted by atomic mass is 10.1. The van der Waals surface area contributed by atoms with Crippen LogP contribution in [-0.4, -0.2) is 64.6 Å². The zero-order valence-electron chi connectivity index (χ0n) is 20.3. The summed E-state index contributed by atoms with van der Waals surface area (Å²) in [5, 5.41) is 1.50. The van der Waals surface area contributed by atoms with Gasteiger partial charge in [-0.3, -0.25) is 4.79 Å². The lowest BCUT2D eigenvalue weighted by Crippen LogP contribution is -2.35. The highest BCUT2D eigenvalue weighted by atomic mass is 32.1. The number of pyridine rings is 1. The summed E-state index contributed by atoms with van der Waals surface area (Å²) >= 11 is 0.510. The van der Waals surface area contributed by atoms with Crippen LogP contribution in [0.5, 0.6) is 0 Å². The smallest absolute Gasteiger partial charge is 0.405 e. The number of nitrogens with zero attached hydrogens (tertiary/aromatic N) is 3. The molecule has 1 N–H and O–H groups in total. The summed E-state index contributed by atoms with van der Waals surface area (Å²) < 4.78 is 97.7. The minimum Gasteiger partial charge on any atom is -0.461 e. The molecule has 0 aliphatic carbocycles. The summed E-state index contributed by atoms with van der Waals surface area (Å²) in [6, 6.07) is -0.226. The van der Waals surface area contributed by atoms with Crippen molar-refractivity contribution in [2.45, 2.75) is 58.7 Å². The zero-order chi connectivity index (χ0) is 28.1. The number of hydrogen-bond donors (Lipinski definition) is 1. The Morgan fingerprint density at radius 2 is 1.95 bits per heavy atom. The first-order valence-corrected chi connectivity index (χ1v) is 12.0. The topological polar surface area (TPSA) is 84.4 Å². The maximum Gasteiger partial charge on any atom is 0.405 e. The Hall–Kier alpha value is -2.97. The number of carbonyl (C=O) groups excluding carboxylic acids is 2. The van der Waals surface area contributed by atoms with E-state index in [1.54, 1.807) is 0 Å². The molecule has 3 rings (SSSR count). The second-order valence-corrected chi connectivity index (χ2v) is 8.68. The summed E-state index contributed by atoms with van der Waals surface area (Å²) in [5.74, 6) is -5.66. The van der Waals surface area contributed by atoms with Crippen molar-refractivity contribution in [2.24, 2.45) is 0 Å². The van der Waals surface area contributed by atoms with Gasteiger partial charge in [-0.05, 0) is 19.9 Å². The van der Waals surface area contributed by atoms with E-state index in [2.05, 4.69) is 9.97 Å². The second-order valence-electron chi connectivity index (χ2n) is 7.69. The first-order valence-electron chi connectivity index (χ1n) is 11.2. The van der Waals surface area contributed by atoms with E-state index in [1.165, 1.54) is 13.8 Å². The van der Waals surface area contributed by atoms with Crippen molar-refractivity contribution in [3.05, 3.63) is 28.5 Å². The monoisotopic (exact) mass is 558 g/mol. The van der Waals surface area contributed by atoms with Gasteiger partial charge >= 0.3 is 12.1 Å². The van der Waals surface area contributed by atoms with Crippen molar-refractivity contribution >= 4 is 29.0 Å². The quantitative estimate of drug-likeness (QED) is 0.322. The number of amides is 1. The fourth-order valence-corrected chi connectivity index (χ4v) is 4.46. The standard InChI is InChI=1S/C20H19F7N4O3S.C2H6/c1-3-34-18(33)16-30-13(17(32)31-8-19(23,24)5-9(31)2)14(35-16)11-6-28-12(4-10(11)15(21)22)29-7-20(25,26)27;1-2/h4,6,9,15H,3,5,7-8H2,1-2H3,(H,28,29);1-2H3. The number of likely N-dealkylation sites (tertiary alicyclic amines) is 1. The van der Waals surface area contributed by atoms with E-state index >= 15 is 0 Å². The van der Waals surface area contributed by atoms with E-state index in [0.717, 1.165) is 11.1 Å². The molecule has 37 heavy (non-hydrogen) atoms. The van der Waals surface area contributed by atoms with Crippen molar-refractivity contribution in [1.82, 2.24) is 14.9 Å². The number of nitrogens with one attached hydrogen (secondary N) is 1. The highest BCUT2D eigenvalue weighted by Crippen LogP contribution is 2.40. The maximum absolute atomic E-state index is 13.9. The molecule has 0 spiro atoms. The van der Waals surface area contributed by atoms with Gasteiger partial charge in [-0.25, -0.2) is 32.3 Å². The lowest BCUT2D eigenvalue weighted by molar-refractivity contribution is -0.115. The van der Waals surface area contributed by atoms with Gasteiger partial charge in [0.25, 0.3) is 18.3 Å².